The Balaban J connectivity index is 1.62. The van der Waals surface area contributed by atoms with E-state index >= 15 is 0 Å². The highest BCUT2D eigenvalue weighted by Crippen LogP contribution is 2.19. The number of urea groups is 1. The van der Waals surface area contributed by atoms with Crippen molar-refractivity contribution in [3.63, 3.8) is 0 Å². The second-order valence-electron chi connectivity index (χ2n) is 6.16. The number of methoxy groups -OCH3 is 1. The maximum Gasteiger partial charge on any atom is 0.409 e. The van der Waals surface area contributed by atoms with Crippen LogP contribution in [0.1, 0.15) is 18.5 Å². The molecule has 0 radical (unpaired) electrons. The van der Waals surface area contributed by atoms with Crippen LogP contribution in [-0.2, 0) is 11.8 Å². The molecule has 2 aromatic heterocycles. The molecule has 2 N–H and O–H groups in total. The van der Waals surface area contributed by atoms with E-state index < -0.39 is 0 Å². The van der Waals surface area contributed by atoms with Gasteiger partial charge in [-0.05, 0) is 25.8 Å². The van der Waals surface area contributed by atoms with Crippen LogP contribution in [-0.4, -0.2) is 58.0 Å². The number of rotatable bonds is 2. The Kier molecular flexibility index (Phi) is 4.73. The van der Waals surface area contributed by atoms with E-state index in [-0.39, 0.29) is 18.2 Å². The monoisotopic (exact) mass is 346 g/mol. The molecule has 9 heteroatoms. The van der Waals surface area contributed by atoms with E-state index in [1.54, 1.807) is 15.8 Å². The van der Waals surface area contributed by atoms with Gasteiger partial charge in [0.15, 0.2) is 5.65 Å². The zero-order valence-corrected chi connectivity index (χ0v) is 14.6. The van der Waals surface area contributed by atoms with Gasteiger partial charge in [-0.25, -0.2) is 14.6 Å². The normalized spacial score (nSPS) is 17.4. The standard InChI is InChI=1S/C16H22N6O3/c1-10-13-7-12(8-17-14(13)21(2)20-10)19-15(23)18-11-5-4-6-22(9-11)16(24)25-3/h7-8,11H,4-6,9H2,1-3H3,(H2,18,19,23)/t11-/m1/s1. The highest BCUT2D eigenvalue weighted by Gasteiger charge is 2.25. The largest absolute Gasteiger partial charge is 0.453 e. The summed E-state index contributed by atoms with van der Waals surface area (Å²) >= 11 is 0. The number of nitrogens with one attached hydrogen (secondary N) is 2. The molecule has 1 saturated heterocycles. The molecule has 9 nitrogen and oxygen atoms in total. The fraction of sp³-hybridized carbons (Fsp3) is 0.500. The van der Waals surface area contributed by atoms with Crippen molar-refractivity contribution in [1.82, 2.24) is 25.0 Å². The molecule has 25 heavy (non-hydrogen) atoms. The van der Waals surface area contributed by atoms with Crippen molar-refractivity contribution in [3.05, 3.63) is 18.0 Å². The maximum atomic E-state index is 12.2. The lowest BCUT2D eigenvalue weighted by atomic mass is 10.1. The molecular weight excluding hydrogens is 324 g/mol. The van der Waals surface area contributed by atoms with Crippen LogP contribution < -0.4 is 10.6 Å². The van der Waals surface area contributed by atoms with Crippen molar-refractivity contribution in [2.24, 2.45) is 7.05 Å². The van der Waals surface area contributed by atoms with E-state index in [1.807, 2.05) is 20.0 Å². The third-order valence-electron chi connectivity index (χ3n) is 4.31. The summed E-state index contributed by atoms with van der Waals surface area (Å²) in [5.74, 6) is 0. The number of carbonyl (C=O) groups is 2. The molecule has 3 heterocycles. The highest BCUT2D eigenvalue weighted by molar-refractivity contribution is 5.92. The molecule has 0 aromatic carbocycles. The van der Waals surface area contributed by atoms with Crippen LogP contribution in [0.3, 0.4) is 0 Å². The van der Waals surface area contributed by atoms with Crippen LogP contribution in [0.5, 0.6) is 0 Å². The topological polar surface area (TPSA) is 101 Å². The summed E-state index contributed by atoms with van der Waals surface area (Å²) in [5.41, 5.74) is 2.22. The fourth-order valence-corrected chi connectivity index (χ4v) is 3.12. The Morgan fingerprint density at radius 1 is 1.40 bits per heavy atom. The molecule has 3 amide bonds. The Morgan fingerprint density at radius 2 is 2.20 bits per heavy atom. The van der Waals surface area contributed by atoms with Gasteiger partial charge < -0.3 is 20.3 Å². The first kappa shape index (κ1) is 17.0. The molecule has 0 unspecified atom stereocenters. The average molecular weight is 346 g/mol. The molecule has 0 saturated carbocycles. The number of nitrogens with zero attached hydrogens (tertiary/aromatic N) is 4. The lowest BCUT2D eigenvalue weighted by molar-refractivity contribution is 0.108. The molecule has 0 spiro atoms. The van der Waals surface area contributed by atoms with Crippen molar-refractivity contribution in [3.8, 4) is 0 Å². The number of hydrogen-bond acceptors (Lipinski definition) is 5. The molecule has 0 aliphatic carbocycles. The molecule has 1 fully saturated rings. The Bertz CT molecular complexity index is 803. The summed E-state index contributed by atoms with van der Waals surface area (Å²) in [6.07, 6.45) is 2.88. The number of ether oxygens (including phenoxy) is 1. The summed E-state index contributed by atoms with van der Waals surface area (Å²) in [4.78, 5) is 29.8. The van der Waals surface area contributed by atoms with Gasteiger partial charge in [-0.15, -0.1) is 0 Å². The van der Waals surface area contributed by atoms with E-state index in [1.165, 1.54) is 7.11 Å². The van der Waals surface area contributed by atoms with Crippen LogP contribution in [0.4, 0.5) is 15.3 Å². The lowest BCUT2D eigenvalue weighted by Gasteiger charge is -2.32. The summed E-state index contributed by atoms with van der Waals surface area (Å²) in [5, 5.41) is 10.9. The number of aromatic nitrogens is 3. The summed E-state index contributed by atoms with van der Waals surface area (Å²) in [6.45, 7) is 2.99. The fourth-order valence-electron chi connectivity index (χ4n) is 3.12. The number of amides is 3. The van der Waals surface area contributed by atoms with Crippen LogP contribution in [0.15, 0.2) is 12.3 Å². The smallest absolute Gasteiger partial charge is 0.409 e. The van der Waals surface area contributed by atoms with Gasteiger partial charge in [-0.2, -0.15) is 5.10 Å². The van der Waals surface area contributed by atoms with E-state index in [0.29, 0.717) is 18.8 Å². The number of piperidine rings is 1. The minimum Gasteiger partial charge on any atom is -0.453 e. The molecule has 0 bridgehead atoms. The van der Waals surface area contributed by atoms with Gasteiger partial charge in [0.05, 0.1) is 24.7 Å². The lowest BCUT2D eigenvalue weighted by Crippen LogP contribution is -2.50. The number of pyridine rings is 1. The average Bonchev–Trinajstić information content (AvgIpc) is 2.88. The van der Waals surface area contributed by atoms with Crippen molar-refractivity contribution in [1.29, 1.82) is 0 Å². The molecule has 2 aromatic rings. The van der Waals surface area contributed by atoms with Gasteiger partial charge >= 0.3 is 12.1 Å². The first-order chi connectivity index (χ1) is 12.0. The van der Waals surface area contributed by atoms with Gasteiger partial charge in [0.25, 0.3) is 0 Å². The van der Waals surface area contributed by atoms with Crippen molar-refractivity contribution in [2.45, 2.75) is 25.8 Å². The molecule has 1 aliphatic heterocycles. The number of fused-ring (bicyclic) bond motifs is 1. The zero-order chi connectivity index (χ0) is 18.0. The number of hydrogen-bond donors (Lipinski definition) is 2. The Morgan fingerprint density at radius 3 is 2.96 bits per heavy atom. The first-order valence-corrected chi connectivity index (χ1v) is 8.17. The first-order valence-electron chi connectivity index (χ1n) is 8.17. The van der Waals surface area contributed by atoms with Crippen LogP contribution in [0.2, 0.25) is 0 Å². The summed E-state index contributed by atoms with van der Waals surface area (Å²) < 4.78 is 6.44. The molecule has 1 aliphatic rings. The van der Waals surface area contributed by atoms with Gasteiger partial charge in [0.2, 0.25) is 0 Å². The van der Waals surface area contributed by atoms with Gasteiger partial charge in [-0.1, -0.05) is 0 Å². The van der Waals surface area contributed by atoms with Crippen molar-refractivity contribution >= 4 is 28.8 Å². The number of aryl methyl sites for hydroxylation is 2. The van der Waals surface area contributed by atoms with Gasteiger partial charge in [0.1, 0.15) is 0 Å². The Labute approximate surface area is 145 Å². The minimum atomic E-state index is -0.367. The van der Waals surface area contributed by atoms with E-state index in [2.05, 4.69) is 20.7 Å². The number of anilines is 1. The molecule has 1 atom stereocenters. The van der Waals surface area contributed by atoms with E-state index in [0.717, 1.165) is 29.6 Å². The predicted molar refractivity (Wildman–Crippen MR) is 92.4 cm³/mol. The SMILES string of the molecule is COC(=O)N1CCC[C@@H](NC(=O)Nc2cnc3c(c2)c(C)nn3C)C1. The van der Waals surface area contributed by atoms with Crippen molar-refractivity contribution < 1.29 is 14.3 Å². The quantitative estimate of drug-likeness (QED) is 0.860. The summed E-state index contributed by atoms with van der Waals surface area (Å²) in [7, 11) is 3.19. The van der Waals surface area contributed by atoms with E-state index in [9.17, 15) is 9.59 Å². The van der Waals surface area contributed by atoms with Crippen LogP contribution in [0.25, 0.3) is 11.0 Å². The molecule has 134 valence electrons. The maximum absolute atomic E-state index is 12.2. The molecule has 3 rings (SSSR count). The second-order valence-corrected chi connectivity index (χ2v) is 6.16. The van der Waals surface area contributed by atoms with E-state index in [4.69, 9.17) is 4.74 Å². The van der Waals surface area contributed by atoms with Crippen molar-refractivity contribution in [2.75, 3.05) is 25.5 Å². The summed E-state index contributed by atoms with van der Waals surface area (Å²) in [6, 6.07) is 1.43. The number of likely N-dealkylation sites (tertiary alicyclic amines) is 1. The zero-order valence-electron chi connectivity index (χ0n) is 14.6. The number of carbonyl (C=O) groups excluding carboxylic acids is 2. The predicted octanol–water partition coefficient (Wildman–Crippen LogP) is 1.63. The van der Waals surface area contributed by atoms with Crippen LogP contribution >= 0.6 is 0 Å². The van der Waals surface area contributed by atoms with Gasteiger partial charge in [-0.3, -0.25) is 4.68 Å². The molecular formula is C16H22N6O3. The van der Waals surface area contributed by atoms with Gasteiger partial charge in [0, 0.05) is 31.6 Å². The third-order valence-corrected chi connectivity index (χ3v) is 4.31. The Hall–Kier alpha value is -2.84. The van der Waals surface area contributed by atoms with Crippen LogP contribution in [0, 0.1) is 6.92 Å². The third kappa shape index (κ3) is 3.65. The second kappa shape index (κ2) is 6.96. The highest BCUT2D eigenvalue weighted by atomic mass is 16.5. The minimum absolute atomic E-state index is 0.107.